The van der Waals surface area contributed by atoms with Gasteiger partial charge in [-0.15, -0.1) is 11.3 Å². The Kier molecular flexibility index (Phi) is 6.30. The van der Waals surface area contributed by atoms with Crippen molar-refractivity contribution in [3.05, 3.63) is 47.1 Å². The molecule has 3 aromatic rings. The topological polar surface area (TPSA) is 96.1 Å². The van der Waals surface area contributed by atoms with Crippen LogP contribution in [0.4, 0.5) is 9.93 Å². The van der Waals surface area contributed by atoms with Gasteiger partial charge in [-0.05, 0) is 24.5 Å². The van der Waals surface area contributed by atoms with Crippen LogP contribution in [0.1, 0.15) is 25.1 Å². The normalized spacial score (nSPS) is 12.1. The number of para-hydroxylation sites is 1. The molecular weight excluding hydrogens is 376 g/mol. The number of nitrogens with one attached hydrogen (secondary N) is 3. The van der Waals surface area contributed by atoms with Crippen LogP contribution in [0.2, 0.25) is 0 Å². The molecule has 0 aliphatic heterocycles. The van der Waals surface area contributed by atoms with Crippen molar-refractivity contribution in [2.24, 2.45) is 5.92 Å². The predicted molar refractivity (Wildman–Crippen MR) is 111 cm³/mol. The van der Waals surface area contributed by atoms with Crippen LogP contribution < -0.4 is 10.6 Å². The summed E-state index contributed by atoms with van der Waals surface area (Å²) in [5, 5.41) is 8.85. The van der Waals surface area contributed by atoms with E-state index in [0.717, 1.165) is 22.2 Å². The second kappa shape index (κ2) is 8.88. The molecule has 1 unspecified atom stereocenters. The molecule has 2 heterocycles. The SMILES string of the molecule is Cc1csc(NC(=O)C(Cc2c[nH]c3ccccc23)NC(=O)OCC(C)C)n1. The molecule has 3 rings (SSSR count). The van der Waals surface area contributed by atoms with Crippen LogP contribution in [0.15, 0.2) is 35.8 Å². The first kappa shape index (κ1) is 19.9. The molecule has 2 amide bonds. The van der Waals surface area contributed by atoms with E-state index in [1.54, 1.807) is 0 Å². The van der Waals surface area contributed by atoms with Gasteiger partial charge in [-0.2, -0.15) is 0 Å². The molecule has 0 aliphatic carbocycles. The van der Waals surface area contributed by atoms with Gasteiger partial charge in [0.25, 0.3) is 0 Å². The lowest BCUT2D eigenvalue weighted by Crippen LogP contribution is -2.45. The molecule has 7 nitrogen and oxygen atoms in total. The van der Waals surface area contributed by atoms with Gasteiger partial charge in [-0.1, -0.05) is 32.0 Å². The Hall–Kier alpha value is -2.87. The molecule has 0 bridgehead atoms. The second-order valence-corrected chi connectivity index (χ2v) is 7.89. The third-order valence-corrected chi connectivity index (χ3v) is 4.98. The predicted octanol–water partition coefficient (Wildman–Crippen LogP) is 3.86. The van der Waals surface area contributed by atoms with Crippen LogP contribution in [0.3, 0.4) is 0 Å². The van der Waals surface area contributed by atoms with E-state index < -0.39 is 12.1 Å². The highest BCUT2D eigenvalue weighted by Gasteiger charge is 2.24. The van der Waals surface area contributed by atoms with Crippen LogP contribution >= 0.6 is 11.3 Å². The monoisotopic (exact) mass is 400 g/mol. The van der Waals surface area contributed by atoms with E-state index in [1.807, 2.05) is 56.6 Å². The molecule has 3 N–H and O–H groups in total. The number of aryl methyl sites for hydroxylation is 1. The summed E-state index contributed by atoms with van der Waals surface area (Å²) < 4.78 is 5.19. The summed E-state index contributed by atoms with van der Waals surface area (Å²) in [5.74, 6) is -0.119. The number of hydrogen-bond donors (Lipinski definition) is 3. The van der Waals surface area contributed by atoms with Crippen LogP contribution in [-0.4, -0.2) is 34.6 Å². The van der Waals surface area contributed by atoms with E-state index in [9.17, 15) is 9.59 Å². The smallest absolute Gasteiger partial charge is 0.407 e. The summed E-state index contributed by atoms with van der Waals surface area (Å²) in [5.41, 5.74) is 2.75. The highest BCUT2D eigenvalue weighted by Crippen LogP contribution is 2.20. The molecule has 0 saturated carbocycles. The Balaban J connectivity index is 1.76. The molecular formula is C20H24N4O3S. The first-order valence-corrected chi connectivity index (χ1v) is 10.0. The number of aromatic amines is 1. The lowest BCUT2D eigenvalue weighted by atomic mass is 10.0. The van der Waals surface area contributed by atoms with Gasteiger partial charge in [-0.25, -0.2) is 9.78 Å². The highest BCUT2D eigenvalue weighted by molar-refractivity contribution is 7.13. The number of aromatic nitrogens is 2. The first-order chi connectivity index (χ1) is 13.4. The summed E-state index contributed by atoms with van der Waals surface area (Å²) in [7, 11) is 0. The van der Waals surface area contributed by atoms with Gasteiger partial charge < -0.3 is 20.4 Å². The number of nitrogens with zero attached hydrogens (tertiary/aromatic N) is 1. The minimum Gasteiger partial charge on any atom is -0.449 e. The largest absolute Gasteiger partial charge is 0.449 e. The number of fused-ring (bicyclic) bond motifs is 1. The molecule has 0 saturated heterocycles. The Labute approximate surface area is 167 Å². The Bertz CT molecular complexity index is 963. The average molecular weight is 401 g/mol. The molecule has 1 atom stereocenters. The Morgan fingerprint density at radius 3 is 2.79 bits per heavy atom. The molecule has 0 fully saturated rings. The molecule has 8 heteroatoms. The third-order valence-electron chi connectivity index (χ3n) is 4.10. The fourth-order valence-corrected chi connectivity index (χ4v) is 3.45. The molecule has 0 radical (unpaired) electrons. The number of alkyl carbamates (subject to hydrolysis) is 1. The van der Waals surface area contributed by atoms with Crippen molar-refractivity contribution >= 4 is 39.4 Å². The number of ether oxygens (including phenoxy) is 1. The molecule has 2 aromatic heterocycles. The van der Waals surface area contributed by atoms with Gasteiger partial charge in [0, 0.05) is 28.9 Å². The van der Waals surface area contributed by atoms with Crippen LogP contribution in [0.5, 0.6) is 0 Å². The molecule has 1 aromatic carbocycles. The Morgan fingerprint density at radius 1 is 1.29 bits per heavy atom. The molecule has 28 heavy (non-hydrogen) atoms. The van der Waals surface area contributed by atoms with E-state index in [2.05, 4.69) is 20.6 Å². The van der Waals surface area contributed by atoms with Crippen molar-refractivity contribution in [1.82, 2.24) is 15.3 Å². The second-order valence-electron chi connectivity index (χ2n) is 7.04. The van der Waals surface area contributed by atoms with Gasteiger partial charge in [0.2, 0.25) is 5.91 Å². The fraction of sp³-hybridized carbons (Fsp3) is 0.350. The van der Waals surface area contributed by atoms with Gasteiger partial charge >= 0.3 is 6.09 Å². The number of thiazole rings is 1. The van der Waals surface area contributed by atoms with E-state index in [1.165, 1.54) is 11.3 Å². The van der Waals surface area contributed by atoms with Gasteiger partial charge in [0.05, 0.1) is 12.3 Å². The third kappa shape index (κ3) is 5.10. The zero-order valence-corrected chi connectivity index (χ0v) is 16.9. The van der Waals surface area contributed by atoms with Crippen molar-refractivity contribution in [2.45, 2.75) is 33.2 Å². The number of carbonyl (C=O) groups is 2. The number of benzene rings is 1. The van der Waals surface area contributed by atoms with Crippen molar-refractivity contribution in [1.29, 1.82) is 0 Å². The lowest BCUT2D eigenvalue weighted by molar-refractivity contribution is -0.118. The zero-order chi connectivity index (χ0) is 20.1. The summed E-state index contributed by atoms with van der Waals surface area (Å²) in [6, 6.07) is 7.05. The summed E-state index contributed by atoms with van der Waals surface area (Å²) >= 11 is 1.35. The highest BCUT2D eigenvalue weighted by atomic mass is 32.1. The number of anilines is 1. The van der Waals surface area contributed by atoms with Gasteiger partial charge in [0.15, 0.2) is 5.13 Å². The maximum absolute atomic E-state index is 12.8. The van der Waals surface area contributed by atoms with E-state index in [0.29, 0.717) is 18.2 Å². The van der Waals surface area contributed by atoms with Crippen LogP contribution in [0.25, 0.3) is 10.9 Å². The number of rotatable bonds is 7. The molecule has 0 aliphatic rings. The van der Waals surface area contributed by atoms with E-state index >= 15 is 0 Å². The standard InChI is InChI=1S/C20H24N4O3S/c1-12(2)10-27-20(26)23-17(18(25)24-19-22-13(3)11-28-19)8-14-9-21-16-7-5-4-6-15(14)16/h4-7,9,11-12,17,21H,8,10H2,1-3H3,(H,23,26)(H,22,24,25). The van der Waals surface area contributed by atoms with Crippen molar-refractivity contribution in [2.75, 3.05) is 11.9 Å². The fourth-order valence-electron chi connectivity index (χ4n) is 2.76. The first-order valence-electron chi connectivity index (χ1n) is 9.13. The van der Waals surface area contributed by atoms with Crippen molar-refractivity contribution < 1.29 is 14.3 Å². The zero-order valence-electron chi connectivity index (χ0n) is 16.1. The van der Waals surface area contributed by atoms with Gasteiger partial charge in [0.1, 0.15) is 6.04 Å². The summed E-state index contributed by atoms with van der Waals surface area (Å²) in [6.07, 6.45) is 1.58. The van der Waals surface area contributed by atoms with Crippen molar-refractivity contribution in [3.8, 4) is 0 Å². The molecule has 148 valence electrons. The van der Waals surface area contributed by atoms with Crippen LogP contribution in [0, 0.1) is 12.8 Å². The maximum Gasteiger partial charge on any atom is 0.407 e. The van der Waals surface area contributed by atoms with E-state index in [-0.39, 0.29) is 11.8 Å². The minimum atomic E-state index is -0.789. The summed E-state index contributed by atoms with van der Waals surface area (Å²) in [4.78, 5) is 32.5. The van der Waals surface area contributed by atoms with Gasteiger partial charge in [-0.3, -0.25) is 4.79 Å². The summed E-state index contributed by atoms with van der Waals surface area (Å²) in [6.45, 7) is 6.05. The number of carbonyl (C=O) groups excluding carboxylic acids is 2. The quantitative estimate of drug-likeness (QED) is 0.561. The average Bonchev–Trinajstić information content (AvgIpc) is 3.25. The Morgan fingerprint density at radius 2 is 2.07 bits per heavy atom. The van der Waals surface area contributed by atoms with Crippen LogP contribution in [-0.2, 0) is 16.0 Å². The maximum atomic E-state index is 12.8. The lowest BCUT2D eigenvalue weighted by Gasteiger charge is -2.18. The van der Waals surface area contributed by atoms with Crippen molar-refractivity contribution in [3.63, 3.8) is 0 Å². The minimum absolute atomic E-state index is 0.213. The number of amides is 2. The number of hydrogen-bond acceptors (Lipinski definition) is 5. The van der Waals surface area contributed by atoms with E-state index in [4.69, 9.17) is 4.74 Å². The molecule has 0 spiro atoms. The number of H-pyrrole nitrogens is 1.